The average molecular weight is 182 g/mol. The van der Waals surface area contributed by atoms with E-state index in [9.17, 15) is 9.59 Å². The summed E-state index contributed by atoms with van der Waals surface area (Å²) >= 11 is 0. The summed E-state index contributed by atoms with van der Waals surface area (Å²) in [6.45, 7) is 0. The number of carbonyl (C=O) groups is 2. The van der Waals surface area contributed by atoms with Crippen molar-refractivity contribution in [3.05, 3.63) is 0 Å². The highest BCUT2D eigenvalue weighted by Crippen LogP contribution is 2.53. The van der Waals surface area contributed by atoms with E-state index >= 15 is 0 Å². The monoisotopic (exact) mass is 182 g/mol. The number of carbonyl (C=O) groups excluding carboxylic acids is 1. The predicted octanol–water partition coefficient (Wildman–Crippen LogP) is 1.61. The Morgan fingerprint density at radius 3 is 2.46 bits per heavy atom. The quantitative estimate of drug-likeness (QED) is 0.721. The molecule has 13 heavy (non-hydrogen) atoms. The first-order chi connectivity index (χ1) is 6.14. The maximum absolute atomic E-state index is 11.7. The van der Waals surface area contributed by atoms with Crippen molar-refractivity contribution in [3.63, 3.8) is 0 Å². The average Bonchev–Trinajstić information content (AvgIpc) is 2.58. The minimum absolute atomic E-state index is 0.151. The summed E-state index contributed by atoms with van der Waals surface area (Å²) in [6, 6.07) is 0. The summed E-state index contributed by atoms with van der Waals surface area (Å²) in [5.41, 5.74) is -0.219. The van der Waals surface area contributed by atoms with Crippen LogP contribution in [0.4, 0.5) is 0 Å². The molecule has 0 atom stereocenters. The molecule has 3 nitrogen and oxygen atoms in total. The molecule has 2 bridgehead atoms. The highest BCUT2D eigenvalue weighted by atomic mass is 16.4. The van der Waals surface area contributed by atoms with Crippen LogP contribution in [0, 0.1) is 11.3 Å². The molecule has 0 unspecified atom stereocenters. The van der Waals surface area contributed by atoms with E-state index in [4.69, 9.17) is 5.11 Å². The van der Waals surface area contributed by atoms with Crippen LogP contribution in [0.2, 0.25) is 0 Å². The number of Topliss-reactive ketones (excluding diaryl/α,β-unsaturated/α-hetero) is 1. The molecule has 2 aliphatic carbocycles. The van der Waals surface area contributed by atoms with Gasteiger partial charge in [0.15, 0.2) is 0 Å². The summed E-state index contributed by atoms with van der Waals surface area (Å²) in [4.78, 5) is 22.1. The maximum Gasteiger partial charge on any atom is 0.303 e. The fourth-order valence-corrected chi connectivity index (χ4v) is 2.83. The van der Waals surface area contributed by atoms with E-state index in [1.54, 1.807) is 0 Å². The van der Waals surface area contributed by atoms with Crippen LogP contribution in [0.3, 0.4) is 0 Å². The number of hydrogen-bond acceptors (Lipinski definition) is 2. The molecule has 2 fully saturated rings. The van der Waals surface area contributed by atoms with Gasteiger partial charge in [0.25, 0.3) is 0 Å². The summed E-state index contributed by atoms with van der Waals surface area (Å²) in [5, 5.41) is 8.57. The fraction of sp³-hybridized carbons (Fsp3) is 0.800. The molecule has 0 heterocycles. The van der Waals surface area contributed by atoms with E-state index in [1.165, 1.54) is 0 Å². The van der Waals surface area contributed by atoms with Gasteiger partial charge in [0, 0.05) is 17.8 Å². The molecule has 0 radical (unpaired) electrons. The van der Waals surface area contributed by atoms with Gasteiger partial charge in [-0.05, 0) is 32.1 Å². The zero-order valence-corrected chi connectivity index (χ0v) is 7.58. The number of carboxylic acid groups (broad SMARTS) is 1. The van der Waals surface area contributed by atoms with Gasteiger partial charge in [0.1, 0.15) is 5.78 Å². The molecule has 0 amide bonds. The smallest absolute Gasteiger partial charge is 0.303 e. The van der Waals surface area contributed by atoms with Crippen molar-refractivity contribution >= 4 is 11.8 Å². The lowest BCUT2D eigenvalue weighted by molar-refractivity contribution is -0.138. The summed E-state index contributed by atoms with van der Waals surface area (Å²) in [6.07, 6.45) is 4.58. The van der Waals surface area contributed by atoms with E-state index in [-0.39, 0.29) is 17.8 Å². The van der Waals surface area contributed by atoms with Crippen molar-refractivity contribution in [3.8, 4) is 0 Å². The standard InChI is InChI=1S/C10H14O3/c11-8(12)3-6-10-4-1-7(2-5-10)9(10)13/h7H,1-6H2,(H,11,12). The number of fused-ring (bicyclic) bond motifs is 2. The normalized spacial score (nSPS) is 36.9. The minimum atomic E-state index is -0.780. The molecule has 2 rings (SSSR count). The first-order valence-electron chi connectivity index (χ1n) is 4.90. The van der Waals surface area contributed by atoms with E-state index in [2.05, 4.69) is 0 Å². The van der Waals surface area contributed by atoms with Crippen LogP contribution in [-0.2, 0) is 9.59 Å². The molecule has 0 spiro atoms. The van der Waals surface area contributed by atoms with Gasteiger partial charge in [-0.25, -0.2) is 0 Å². The van der Waals surface area contributed by atoms with Crippen molar-refractivity contribution in [2.45, 2.75) is 38.5 Å². The van der Waals surface area contributed by atoms with E-state index in [0.29, 0.717) is 12.2 Å². The predicted molar refractivity (Wildman–Crippen MR) is 46.3 cm³/mol. The molecule has 0 aliphatic heterocycles. The fourth-order valence-electron chi connectivity index (χ4n) is 2.83. The van der Waals surface area contributed by atoms with Crippen molar-refractivity contribution in [1.82, 2.24) is 0 Å². The molecule has 3 heteroatoms. The lowest BCUT2D eigenvalue weighted by atomic mass is 9.80. The SMILES string of the molecule is O=C(O)CCC12CCC(CC1)C2=O. The zero-order valence-electron chi connectivity index (χ0n) is 7.58. The maximum atomic E-state index is 11.7. The van der Waals surface area contributed by atoms with Crippen molar-refractivity contribution in [1.29, 1.82) is 0 Å². The van der Waals surface area contributed by atoms with E-state index in [0.717, 1.165) is 25.7 Å². The molecule has 0 aromatic rings. The lowest BCUT2D eigenvalue weighted by Crippen LogP contribution is -2.23. The molecule has 0 aromatic heterocycles. The molecule has 1 N–H and O–H groups in total. The van der Waals surface area contributed by atoms with E-state index < -0.39 is 5.97 Å². The van der Waals surface area contributed by atoms with Gasteiger partial charge >= 0.3 is 5.97 Å². The first-order valence-corrected chi connectivity index (χ1v) is 4.90. The Labute approximate surface area is 77.1 Å². The number of carboxylic acids is 1. The van der Waals surface area contributed by atoms with Crippen LogP contribution in [0.5, 0.6) is 0 Å². The Balaban J connectivity index is 2.04. The third-order valence-corrected chi connectivity index (χ3v) is 3.65. The van der Waals surface area contributed by atoms with Crippen molar-refractivity contribution in [2.75, 3.05) is 0 Å². The summed E-state index contributed by atoms with van der Waals surface area (Å²) in [7, 11) is 0. The Kier molecular flexibility index (Phi) is 1.90. The lowest BCUT2D eigenvalue weighted by Gasteiger charge is -2.23. The van der Waals surface area contributed by atoms with Gasteiger partial charge in [0.05, 0.1) is 0 Å². The van der Waals surface area contributed by atoms with Crippen molar-refractivity contribution < 1.29 is 14.7 Å². The Morgan fingerprint density at radius 1 is 1.46 bits per heavy atom. The molecular weight excluding hydrogens is 168 g/mol. The second-order valence-electron chi connectivity index (χ2n) is 4.31. The third-order valence-electron chi connectivity index (χ3n) is 3.65. The molecule has 2 saturated carbocycles. The highest BCUT2D eigenvalue weighted by molar-refractivity contribution is 5.91. The number of rotatable bonds is 3. The molecule has 2 aliphatic rings. The second kappa shape index (κ2) is 2.82. The number of ketones is 1. The molecular formula is C10H14O3. The van der Waals surface area contributed by atoms with Crippen LogP contribution in [0.1, 0.15) is 38.5 Å². The van der Waals surface area contributed by atoms with Crippen molar-refractivity contribution in [2.24, 2.45) is 11.3 Å². The van der Waals surface area contributed by atoms with Gasteiger partial charge in [-0.15, -0.1) is 0 Å². The zero-order chi connectivity index (χ0) is 9.47. The van der Waals surface area contributed by atoms with Crippen LogP contribution in [-0.4, -0.2) is 16.9 Å². The van der Waals surface area contributed by atoms with Crippen LogP contribution < -0.4 is 0 Å². The van der Waals surface area contributed by atoms with Gasteiger partial charge < -0.3 is 5.11 Å². The highest BCUT2D eigenvalue weighted by Gasteiger charge is 2.52. The Morgan fingerprint density at radius 2 is 2.08 bits per heavy atom. The first kappa shape index (κ1) is 8.73. The van der Waals surface area contributed by atoms with Gasteiger partial charge in [-0.3, -0.25) is 9.59 Å². The van der Waals surface area contributed by atoms with Gasteiger partial charge in [0.2, 0.25) is 0 Å². The molecule has 0 saturated heterocycles. The van der Waals surface area contributed by atoms with Gasteiger partial charge in [-0.2, -0.15) is 0 Å². The topological polar surface area (TPSA) is 54.4 Å². The summed E-state index contributed by atoms with van der Waals surface area (Å²) < 4.78 is 0. The Bertz CT molecular complexity index is 249. The Hall–Kier alpha value is -0.860. The summed E-state index contributed by atoms with van der Waals surface area (Å²) in [5.74, 6) is -0.153. The number of hydrogen-bond donors (Lipinski definition) is 1. The van der Waals surface area contributed by atoms with Crippen LogP contribution in [0.15, 0.2) is 0 Å². The molecule has 72 valence electrons. The van der Waals surface area contributed by atoms with Gasteiger partial charge in [-0.1, -0.05) is 0 Å². The third kappa shape index (κ3) is 1.26. The van der Waals surface area contributed by atoms with Crippen LogP contribution in [0.25, 0.3) is 0 Å². The van der Waals surface area contributed by atoms with E-state index in [1.807, 2.05) is 0 Å². The van der Waals surface area contributed by atoms with Crippen LogP contribution >= 0.6 is 0 Å². The molecule has 0 aromatic carbocycles. The largest absolute Gasteiger partial charge is 0.481 e. The minimum Gasteiger partial charge on any atom is -0.481 e. The number of aliphatic carboxylic acids is 1. The second-order valence-corrected chi connectivity index (χ2v) is 4.31.